The van der Waals surface area contributed by atoms with Crippen molar-refractivity contribution in [3.63, 3.8) is 0 Å². The Kier molecular flexibility index (Phi) is 5.46. The molecule has 1 heterocycles. The first kappa shape index (κ1) is 18.2. The number of amides is 1. The van der Waals surface area contributed by atoms with Gasteiger partial charge in [-0.3, -0.25) is 4.79 Å². The lowest BCUT2D eigenvalue weighted by Gasteiger charge is -2.22. The van der Waals surface area contributed by atoms with Crippen molar-refractivity contribution >= 4 is 16.8 Å². The maximum absolute atomic E-state index is 13.4. The van der Waals surface area contributed by atoms with Gasteiger partial charge in [-0.2, -0.15) is 0 Å². The van der Waals surface area contributed by atoms with E-state index in [1.807, 2.05) is 30.0 Å². The number of hydrogen-bond acceptors (Lipinski definition) is 1. The molecule has 0 radical (unpaired) electrons. The molecule has 0 aliphatic carbocycles. The number of nitrogens with zero attached hydrogens (tertiary/aromatic N) is 2. The molecule has 3 aromatic rings. The molecule has 3 nitrogen and oxygen atoms in total. The zero-order valence-electron chi connectivity index (χ0n) is 16.2. The Morgan fingerprint density at radius 3 is 2.35 bits per heavy atom. The van der Waals surface area contributed by atoms with E-state index < -0.39 is 0 Å². The van der Waals surface area contributed by atoms with E-state index >= 15 is 0 Å². The number of carbonyl (C=O) groups excluding carboxylic acids is 1. The number of benzene rings is 2. The first-order chi connectivity index (χ1) is 12.6. The van der Waals surface area contributed by atoms with Crippen LogP contribution in [0.2, 0.25) is 0 Å². The Hall–Kier alpha value is -2.55. The molecule has 0 saturated heterocycles. The van der Waals surface area contributed by atoms with Crippen molar-refractivity contribution in [1.29, 1.82) is 0 Å². The molecule has 2 aromatic carbocycles. The Morgan fingerprint density at radius 2 is 1.73 bits per heavy atom. The van der Waals surface area contributed by atoms with Crippen LogP contribution in [0.1, 0.15) is 48.0 Å². The molecule has 3 heteroatoms. The fraction of sp³-hybridized carbons (Fsp3) is 0.348. The monoisotopic (exact) mass is 348 g/mol. The van der Waals surface area contributed by atoms with Crippen LogP contribution in [0.15, 0.2) is 48.5 Å². The van der Waals surface area contributed by atoms with Gasteiger partial charge < -0.3 is 9.47 Å². The maximum Gasteiger partial charge on any atom is 0.271 e. The summed E-state index contributed by atoms with van der Waals surface area (Å²) in [4.78, 5) is 15.3. The fourth-order valence-corrected chi connectivity index (χ4v) is 3.67. The van der Waals surface area contributed by atoms with Crippen molar-refractivity contribution in [2.75, 3.05) is 6.54 Å². The predicted octanol–water partition coefficient (Wildman–Crippen LogP) is 5.19. The van der Waals surface area contributed by atoms with Gasteiger partial charge in [0.1, 0.15) is 5.69 Å². The lowest BCUT2D eigenvalue weighted by molar-refractivity contribution is 0.0741. The van der Waals surface area contributed by atoms with Crippen LogP contribution in [0, 0.1) is 6.92 Å². The minimum atomic E-state index is 0.116. The predicted molar refractivity (Wildman–Crippen MR) is 109 cm³/mol. The molecule has 0 aliphatic heterocycles. The molecule has 0 unspecified atom stereocenters. The zero-order chi connectivity index (χ0) is 18.7. The minimum Gasteiger partial charge on any atom is -0.337 e. The van der Waals surface area contributed by atoms with Crippen molar-refractivity contribution < 1.29 is 4.79 Å². The highest BCUT2D eigenvalue weighted by molar-refractivity contribution is 6.01. The van der Waals surface area contributed by atoms with Crippen molar-refractivity contribution in [1.82, 2.24) is 9.47 Å². The molecule has 1 aromatic heterocycles. The summed E-state index contributed by atoms with van der Waals surface area (Å²) in [5.41, 5.74) is 5.54. The molecule has 26 heavy (non-hydrogen) atoms. The lowest BCUT2D eigenvalue weighted by atomic mass is 10.1. The van der Waals surface area contributed by atoms with Crippen LogP contribution < -0.4 is 0 Å². The van der Waals surface area contributed by atoms with Gasteiger partial charge in [-0.1, -0.05) is 43.3 Å². The largest absolute Gasteiger partial charge is 0.337 e. The van der Waals surface area contributed by atoms with Crippen LogP contribution in [-0.2, 0) is 19.5 Å². The molecule has 0 fully saturated rings. The number of carbonyl (C=O) groups is 1. The number of rotatable bonds is 6. The second kappa shape index (κ2) is 7.77. The van der Waals surface area contributed by atoms with Gasteiger partial charge in [-0.15, -0.1) is 0 Å². The van der Waals surface area contributed by atoms with Crippen LogP contribution in [0.4, 0.5) is 0 Å². The second-order valence-electron chi connectivity index (χ2n) is 6.73. The molecule has 136 valence electrons. The van der Waals surface area contributed by atoms with Crippen LogP contribution >= 0.6 is 0 Å². The highest BCUT2D eigenvalue weighted by atomic mass is 16.2. The molecular formula is C23H28N2O. The van der Waals surface area contributed by atoms with E-state index in [4.69, 9.17) is 0 Å². The summed E-state index contributed by atoms with van der Waals surface area (Å²) in [6.07, 6.45) is 1.01. The van der Waals surface area contributed by atoms with E-state index in [9.17, 15) is 4.79 Å². The third kappa shape index (κ3) is 3.26. The Labute approximate surface area is 156 Å². The van der Waals surface area contributed by atoms with Crippen molar-refractivity contribution in [3.05, 3.63) is 70.9 Å². The third-order valence-corrected chi connectivity index (χ3v) is 5.19. The van der Waals surface area contributed by atoms with Gasteiger partial charge in [0, 0.05) is 30.5 Å². The summed E-state index contributed by atoms with van der Waals surface area (Å²) in [7, 11) is 0. The maximum atomic E-state index is 13.4. The molecule has 0 saturated carbocycles. The minimum absolute atomic E-state index is 0.116. The van der Waals surface area contributed by atoms with Gasteiger partial charge >= 0.3 is 0 Å². The van der Waals surface area contributed by atoms with Crippen LogP contribution in [0.5, 0.6) is 0 Å². The molecule has 0 atom stereocenters. The van der Waals surface area contributed by atoms with Crippen LogP contribution in [-0.4, -0.2) is 21.9 Å². The molecule has 3 rings (SSSR count). The van der Waals surface area contributed by atoms with Crippen molar-refractivity contribution in [2.45, 2.75) is 47.2 Å². The number of fused-ring (bicyclic) bond motifs is 1. The van der Waals surface area contributed by atoms with E-state index in [-0.39, 0.29) is 5.91 Å². The number of aromatic nitrogens is 1. The van der Waals surface area contributed by atoms with Gasteiger partial charge in [0.25, 0.3) is 5.91 Å². The summed E-state index contributed by atoms with van der Waals surface area (Å²) in [6, 6.07) is 16.8. The Morgan fingerprint density at radius 1 is 1.00 bits per heavy atom. The highest BCUT2D eigenvalue weighted by Gasteiger charge is 2.23. The fourth-order valence-electron chi connectivity index (χ4n) is 3.67. The van der Waals surface area contributed by atoms with Gasteiger partial charge in [-0.25, -0.2) is 0 Å². The molecule has 0 aliphatic rings. The quantitative estimate of drug-likeness (QED) is 0.601. The van der Waals surface area contributed by atoms with E-state index in [1.165, 1.54) is 10.9 Å². The summed E-state index contributed by atoms with van der Waals surface area (Å²) in [6.45, 7) is 10.5. The molecule has 0 N–H and O–H groups in total. The van der Waals surface area contributed by atoms with E-state index in [0.717, 1.165) is 35.3 Å². The number of aryl methyl sites for hydroxylation is 3. The highest BCUT2D eigenvalue weighted by Crippen LogP contribution is 2.28. The zero-order valence-corrected chi connectivity index (χ0v) is 16.2. The lowest BCUT2D eigenvalue weighted by Crippen LogP contribution is -2.32. The van der Waals surface area contributed by atoms with Gasteiger partial charge in [0.15, 0.2) is 0 Å². The first-order valence-corrected chi connectivity index (χ1v) is 9.55. The number of hydrogen-bond donors (Lipinski definition) is 0. The summed E-state index contributed by atoms with van der Waals surface area (Å²) in [5.74, 6) is 0.116. The standard InChI is InChI=1S/C23H28N2O/c1-5-18-13-14-21-20(15-18)17(4)22(25(21)7-3)23(26)24(6-2)16-19-11-9-8-10-12-19/h8-15H,5-7,16H2,1-4H3. The van der Waals surface area contributed by atoms with Crippen LogP contribution in [0.25, 0.3) is 10.9 Å². The van der Waals surface area contributed by atoms with Gasteiger partial charge in [0.2, 0.25) is 0 Å². The first-order valence-electron chi connectivity index (χ1n) is 9.55. The SMILES string of the molecule is CCc1ccc2c(c1)c(C)c(C(=O)N(CC)Cc1ccccc1)n2CC. The van der Waals surface area contributed by atoms with Gasteiger partial charge in [0.05, 0.1) is 0 Å². The molecule has 0 bridgehead atoms. The smallest absolute Gasteiger partial charge is 0.271 e. The summed E-state index contributed by atoms with van der Waals surface area (Å²) in [5, 5.41) is 1.20. The molecular weight excluding hydrogens is 320 g/mol. The third-order valence-electron chi connectivity index (χ3n) is 5.19. The summed E-state index contributed by atoms with van der Waals surface area (Å²) < 4.78 is 2.17. The second-order valence-corrected chi connectivity index (χ2v) is 6.73. The Balaban J connectivity index is 2.04. The van der Waals surface area contributed by atoms with E-state index in [2.05, 4.69) is 55.7 Å². The Bertz CT molecular complexity index is 909. The van der Waals surface area contributed by atoms with Gasteiger partial charge in [-0.05, 0) is 56.0 Å². The van der Waals surface area contributed by atoms with Crippen molar-refractivity contribution in [2.24, 2.45) is 0 Å². The molecule has 1 amide bonds. The average Bonchev–Trinajstić information content (AvgIpc) is 2.97. The van der Waals surface area contributed by atoms with E-state index in [0.29, 0.717) is 13.1 Å². The molecule has 0 spiro atoms. The topological polar surface area (TPSA) is 25.2 Å². The van der Waals surface area contributed by atoms with Crippen molar-refractivity contribution in [3.8, 4) is 0 Å². The average molecular weight is 348 g/mol. The van der Waals surface area contributed by atoms with E-state index in [1.54, 1.807) is 0 Å². The normalized spacial score (nSPS) is 11.1. The summed E-state index contributed by atoms with van der Waals surface area (Å²) >= 11 is 0. The van der Waals surface area contributed by atoms with Crippen LogP contribution in [0.3, 0.4) is 0 Å².